The van der Waals surface area contributed by atoms with E-state index in [0.717, 1.165) is 57.8 Å². The van der Waals surface area contributed by atoms with E-state index in [0.29, 0.717) is 25.9 Å². The SMILES string of the molecule is CCCCC/C=C\C/C=C\CCCCCCCCCC(=O)OCCCCCCCC/C=C\C/C=C\CCC(=O)NC(CO)C(O)/C=C/CCCCCCCCCCCCCC. The Hall–Kier alpha value is -2.44. The number of nitrogens with one attached hydrogen (secondary N) is 1. The van der Waals surface area contributed by atoms with Crippen LogP contribution in [-0.4, -0.2) is 47.4 Å². The first-order valence-corrected chi connectivity index (χ1v) is 26.1. The highest BCUT2D eigenvalue weighted by Gasteiger charge is 2.17. The molecule has 0 aromatic rings. The summed E-state index contributed by atoms with van der Waals surface area (Å²) in [6.45, 7) is 4.79. The van der Waals surface area contributed by atoms with Gasteiger partial charge in [0, 0.05) is 12.8 Å². The average molecular weight is 854 g/mol. The number of carbonyl (C=O) groups is 2. The molecule has 0 radical (unpaired) electrons. The van der Waals surface area contributed by atoms with Crippen molar-refractivity contribution in [2.75, 3.05) is 13.2 Å². The van der Waals surface area contributed by atoms with Gasteiger partial charge in [0.2, 0.25) is 5.91 Å². The molecule has 2 unspecified atom stereocenters. The van der Waals surface area contributed by atoms with Crippen LogP contribution in [0.5, 0.6) is 0 Å². The van der Waals surface area contributed by atoms with Crippen LogP contribution in [0.2, 0.25) is 0 Å². The summed E-state index contributed by atoms with van der Waals surface area (Å²) in [5.74, 6) is -0.178. The molecule has 6 nitrogen and oxygen atoms in total. The first-order valence-electron chi connectivity index (χ1n) is 26.1. The molecular weight excluding hydrogens is 755 g/mol. The highest BCUT2D eigenvalue weighted by Crippen LogP contribution is 2.14. The molecule has 0 aliphatic rings. The molecule has 0 aliphatic heterocycles. The lowest BCUT2D eigenvalue weighted by Crippen LogP contribution is -2.45. The molecule has 0 heterocycles. The van der Waals surface area contributed by atoms with Gasteiger partial charge >= 0.3 is 5.97 Å². The minimum Gasteiger partial charge on any atom is -0.466 e. The number of ether oxygens (including phenoxy) is 1. The van der Waals surface area contributed by atoms with Gasteiger partial charge in [-0.25, -0.2) is 0 Å². The van der Waals surface area contributed by atoms with Gasteiger partial charge in [0.05, 0.1) is 25.4 Å². The molecule has 0 fully saturated rings. The summed E-state index contributed by atoms with van der Waals surface area (Å²) in [6.07, 6.45) is 63.7. The van der Waals surface area contributed by atoms with Gasteiger partial charge in [0.15, 0.2) is 0 Å². The van der Waals surface area contributed by atoms with Crippen molar-refractivity contribution in [3.8, 4) is 0 Å². The third-order valence-corrected chi connectivity index (χ3v) is 11.5. The van der Waals surface area contributed by atoms with Gasteiger partial charge in [-0.3, -0.25) is 9.59 Å². The van der Waals surface area contributed by atoms with E-state index in [1.54, 1.807) is 6.08 Å². The molecule has 1 amide bonds. The van der Waals surface area contributed by atoms with Crippen molar-refractivity contribution in [2.45, 2.75) is 264 Å². The summed E-state index contributed by atoms with van der Waals surface area (Å²) < 4.78 is 5.45. The van der Waals surface area contributed by atoms with Crippen molar-refractivity contribution in [2.24, 2.45) is 0 Å². The Labute approximate surface area is 378 Å². The number of hydrogen-bond donors (Lipinski definition) is 3. The molecule has 0 aromatic carbocycles. The number of rotatable bonds is 47. The monoisotopic (exact) mass is 854 g/mol. The molecule has 6 heteroatoms. The van der Waals surface area contributed by atoms with Crippen LogP contribution in [0.3, 0.4) is 0 Å². The van der Waals surface area contributed by atoms with Crippen molar-refractivity contribution in [3.63, 3.8) is 0 Å². The van der Waals surface area contributed by atoms with Gasteiger partial charge < -0.3 is 20.3 Å². The zero-order valence-electron chi connectivity index (χ0n) is 40.1. The molecule has 0 spiro atoms. The zero-order chi connectivity index (χ0) is 44.4. The van der Waals surface area contributed by atoms with Crippen molar-refractivity contribution < 1.29 is 24.5 Å². The molecule has 61 heavy (non-hydrogen) atoms. The van der Waals surface area contributed by atoms with E-state index in [1.807, 2.05) is 12.2 Å². The number of amides is 1. The highest BCUT2D eigenvalue weighted by atomic mass is 16.5. The highest BCUT2D eigenvalue weighted by molar-refractivity contribution is 5.76. The average Bonchev–Trinajstić information content (AvgIpc) is 3.26. The van der Waals surface area contributed by atoms with Crippen LogP contribution in [0.25, 0.3) is 0 Å². The number of hydrogen-bond acceptors (Lipinski definition) is 5. The fourth-order valence-corrected chi connectivity index (χ4v) is 7.48. The van der Waals surface area contributed by atoms with Crippen molar-refractivity contribution in [3.05, 3.63) is 60.8 Å². The second-order valence-corrected chi connectivity index (χ2v) is 17.5. The Morgan fingerprint density at radius 3 is 1.31 bits per heavy atom. The van der Waals surface area contributed by atoms with Crippen LogP contribution in [-0.2, 0) is 14.3 Å². The predicted octanol–water partition coefficient (Wildman–Crippen LogP) is 15.6. The Morgan fingerprint density at radius 1 is 0.459 bits per heavy atom. The maximum absolute atomic E-state index is 12.4. The number of aliphatic hydroxyl groups is 2. The third-order valence-electron chi connectivity index (χ3n) is 11.5. The summed E-state index contributed by atoms with van der Waals surface area (Å²) in [7, 11) is 0. The maximum Gasteiger partial charge on any atom is 0.305 e. The van der Waals surface area contributed by atoms with Crippen molar-refractivity contribution in [1.29, 1.82) is 0 Å². The fourth-order valence-electron chi connectivity index (χ4n) is 7.48. The van der Waals surface area contributed by atoms with Gasteiger partial charge in [0.25, 0.3) is 0 Å². The standard InChI is InChI=1S/C55H99NO5/c1-3-5-7-9-11-13-15-17-19-20-21-25-29-33-37-41-45-49-55(60)61-50-46-42-38-34-30-26-22-24-28-32-36-40-44-48-54(59)56-52(51-57)53(58)47-43-39-35-31-27-23-18-16-14-12-10-8-6-4-2/h11,13,17,19,24,28,36,40,43,47,52-53,57-58H,3-10,12,14-16,18,20-23,25-27,29-35,37-39,41-42,44-46,48-51H2,1-2H3,(H,56,59)/b13-11-,19-17-,28-24-,40-36-,47-43+. The van der Waals surface area contributed by atoms with Gasteiger partial charge in [-0.05, 0) is 83.5 Å². The van der Waals surface area contributed by atoms with Crippen LogP contribution in [0.15, 0.2) is 60.8 Å². The molecule has 0 saturated carbocycles. The van der Waals surface area contributed by atoms with E-state index in [-0.39, 0.29) is 18.5 Å². The second-order valence-electron chi connectivity index (χ2n) is 17.5. The van der Waals surface area contributed by atoms with Crippen LogP contribution in [0, 0.1) is 0 Å². The summed E-state index contributed by atoms with van der Waals surface area (Å²) in [4.78, 5) is 24.4. The number of carbonyl (C=O) groups excluding carboxylic acids is 2. The number of allylic oxidation sites excluding steroid dienone is 9. The van der Waals surface area contributed by atoms with Gasteiger partial charge in [-0.2, -0.15) is 0 Å². The van der Waals surface area contributed by atoms with Crippen LogP contribution in [0.1, 0.15) is 251 Å². The second kappa shape index (κ2) is 50.2. The first kappa shape index (κ1) is 58.6. The van der Waals surface area contributed by atoms with E-state index >= 15 is 0 Å². The summed E-state index contributed by atoms with van der Waals surface area (Å²) in [5.41, 5.74) is 0. The van der Waals surface area contributed by atoms with E-state index < -0.39 is 12.1 Å². The van der Waals surface area contributed by atoms with Crippen molar-refractivity contribution in [1.82, 2.24) is 5.32 Å². The molecule has 354 valence electrons. The zero-order valence-corrected chi connectivity index (χ0v) is 40.1. The summed E-state index contributed by atoms with van der Waals surface area (Å²) in [6, 6.07) is -0.673. The first-order chi connectivity index (χ1) is 30.0. The van der Waals surface area contributed by atoms with Gasteiger partial charge in [0.1, 0.15) is 0 Å². The topological polar surface area (TPSA) is 95.9 Å². The molecule has 2 atom stereocenters. The van der Waals surface area contributed by atoms with Crippen LogP contribution in [0.4, 0.5) is 0 Å². The number of aliphatic hydroxyl groups excluding tert-OH is 2. The molecule has 0 rings (SSSR count). The van der Waals surface area contributed by atoms with Crippen molar-refractivity contribution >= 4 is 11.9 Å². The normalized spacial score (nSPS) is 13.2. The van der Waals surface area contributed by atoms with E-state index in [2.05, 4.69) is 61.7 Å². The lowest BCUT2D eigenvalue weighted by Gasteiger charge is -2.19. The largest absolute Gasteiger partial charge is 0.466 e. The minimum atomic E-state index is -0.880. The Morgan fingerprint density at radius 2 is 0.836 bits per heavy atom. The smallest absolute Gasteiger partial charge is 0.305 e. The maximum atomic E-state index is 12.4. The summed E-state index contributed by atoms with van der Waals surface area (Å²) in [5, 5.41) is 23.0. The molecule has 3 N–H and O–H groups in total. The molecule has 0 saturated heterocycles. The Bertz CT molecular complexity index is 1080. The molecular formula is C55H99NO5. The predicted molar refractivity (Wildman–Crippen MR) is 264 cm³/mol. The molecule has 0 aromatic heterocycles. The van der Waals surface area contributed by atoms with E-state index in [9.17, 15) is 19.8 Å². The number of esters is 1. The van der Waals surface area contributed by atoms with Gasteiger partial charge in [-0.1, -0.05) is 216 Å². The van der Waals surface area contributed by atoms with Gasteiger partial charge in [-0.15, -0.1) is 0 Å². The van der Waals surface area contributed by atoms with E-state index in [4.69, 9.17) is 4.74 Å². The fraction of sp³-hybridized carbons (Fsp3) is 0.782. The number of unbranched alkanes of at least 4 members (excludes halogenated alkanes) is 28. The third kappa shape index (κ3) is 46.9. The lowest BCUT2D eigenvalue weighted by molar-refractivity contribution is -0.143. The lowest BCUT2D eigenvalue weighted by atomic mass is 10.0. The van der Waals surface area contributed by atoms with E-state index in [1.165, 1.54) is 161 Å². The van der Waals surface area contributed by atoms with Crippen LogP contribution >= 0.6 is 0 Å². The van der Waals surface area contributed by atoms with Crippen LogP contribution < -0.4 is 5.32 Å². The molecule has 0 bridgehead atoms. The Balaban J connectivity index is 3.59. The minimum absolute atomic E-state index is 0.0274. The quantitative estimate of drug-likeness (QED) is 0.0322. The summed E-state index contributed by atoms with van der Waals surface area (Å²) >= 11 is 0. The Kier molecular flexibility index (Phi) is 48.2. The molecule has 0 aliphatic carbocycles.